The van der Waals surface area contributed by atoms with Crippen LogP contribution in [0.3, 0.4) is 0 Å². The zero-order valence-corrected chi connectivity index (χ0v) is 7.73. The molecule has 0 radical (unpaired) electrons. The van der Waals surface area contributed by atoms with E-state index < -0.39 is 24.2 Å². The van der Waals surface area contributed by atoms with Crippen LogP contribution in [0.5, 0.6) is 5.75 Å². The van der Waals surface area contributed by atoms with Crippen molar-refractivity contribution in [3.8, 4) is 5.75 Å². The lowest BCUT2D eigenvalue weighted by Gasteiger charge is -2.11. The van der Waals surface area contributed by atoms with E-state index in [1.165, 1.54) is 6.07 Å². The van der Waals surface area contributed by atoms with Crippen molar-refractivity contribution in [3.05, 3.63) is 29.8 Å². The fourth-order valence-corrected chi connectivity index (χ4v) is 1.02. The highest BCUT2D eigenvalue weighted by Crippen LogP contribution is 2.25. The first kappa shape index (κ1) is 12.3. The number of aliphatic hydroxyl groups is 1. The van der Waals surface area contributed by atoms with Crippen molar-refractivity contribution in [2.75, 3.05) is 0 Å². The van der Waals surface area contributed by atoms with Gasteiger partial charge in [-0.25, -0.2) is 4.79 Å². The van der Waals surface area contributed by atoms with Crippen LogP contribution < -0.4 is 4.74 Å². The van der Waals surface area contributed by atoms with Crippen LogP contribution in [0.4, 0.5) is 13.2 Å². The number of ether oxygens (including phenoxy) is 1. The summed E-state index contributed by atoms with van der Waals surface area (Å²) in [6.07, 6.45) is -6.73. The summed E-state index contributed by atoms with van der Waals surface area (Å²) in [5.41, 5.74) is -0.186. The predicted octanol–water partition coefficient (Wildman–Crippen LogP) is 1.70. The van der Waals surface area contributed by atoms with Crippen LogP contribution in [-0.4, -0.2) is 22.5 Å². The minimum atomic E-state index is -4.85. The van der Waals surface area contributed by atoms with Crippen LogP contribution in [0.15, 0.2) is 24.3 Å². The number of rotatable bonds is 3. The summed E-state index contributed by atoms with van der Waals surface area (Å²) in [5.74, 6) is -2.13. The molecule has 0 fully saturated rings. The largest absolute Gasteiger partial charge is 0.573 e. The van der Waals surface area contributed by atoms with Gasteiger partial charge in [0.05, 0.1) is 0 Å². The Balaban J connectivity index is 2.91. The number of hydrogen-bond donors (Lipinski definition) is 2. The highest BCUT2D eigenvalue weighted by atomic mass is 19.4. The molecule has 0 heterocycles. The summed E-state index contributed by atoms with van der Waals surface area (Å²) in [5, 5.41) is 17.5. The van der Waals surface area contributed by atoms with Crippen molar-refractivity contribution in [2.45, 2.75) is 12.5 Å². The molecule has 0 saturated carbocycles. The molecular formula is C9H7F3O4. The Kier molecular flexibility index (Phi) is 3.38. The smallest absolute Gasteiger partial charge is 0.479 e. The van der Waals surface area contributed by atoms with E-state index >= 15 is 0 Å². The average molecular weight is 236 g/mol. The number of alkyl halides is 3. The molecule has 1 atom stereocenters. The van der Waals surface area contributed by atoms with Gasteiger partial charge in [0.1, 0.15) is 5.75 Å². The second-order valence-corrected chi connectivity index (χ2v) is 2.86. The molecule has 1 unspecified atom stereocenters. The van der Waals surface area contributed by atoms with E-state index in [1.807, 2.05) is 0 Å². The van der Waals surface area contributed by atoms with Gasteiger partial charge in [-0.05, 0) is 17.7 Å². The highest BCUT2D eigenvalue weighted by molar-refractivity contribution is 5.74. The van der Waals surface area contributed by atoms with E-state index in [1.54, 1.807) is 0 Å². The molecule has 1 rings (SSSR count). The number of halogens is 3. The molecule has 0 aliphatic rings. The van der Waals surface area contributed by atoms with Gasteiger partial charge >= 0.3 is 12.3 Å². The molecule has 0 spiro atoms. The van der Waals surface area contributed by atoms with E-state index in [4.69, 9.17) is 10.2 Å². The van der Waals surface area contributed by atoms with E-state index in [0.29, 0.717) is 0 Å². The topological polar surface area (TPSA) is 66.8 Å². The highest BCUT2D eigenvalue weighted by Gasteiger charge is 2.31. The molecule has 2 N–H and O–H groups in total. The SMILES string of the molecule is O=C(O)C(O)c1cccc(OC(F)(F)F)c1. The average Bonchev–Trinajstić information content (AvgIpc) is 2.14. The summed E-state index contributed by atoms with van der Waals surface area (Å²) in [4.78, 5) is 10.4. The number of aliphatic hydroxyl groups excluding tert-OH is 1. The lowest BCUT2D eigenvalue weighted by atomic mass is 10.1. The van der Waals surface area contributed by atoms with Gasteiger partial charge in [0.2, 0.25) is 0 Å². The van der Waals surface area contributed by atoms with Gasteiger partial charge in [-0.1, -0.05) is 12.1 Å². The molecule has 0 bridgehead atoms. The van der Waals surface area contributed by atoms with Gasteiger partial charge in [0.25, 0.3) is 0 Å². The zero-order valence-electron chi connectivity index (χ0n) is 7.73. The normalized spacial score (nSPS) is 13.2. The molecule has 88 valence electrons. The van der Waals surface area contributed by atoms with E-state index in [2.05, 4.69) is 4.74 Å². The third kappa shape index (κ3) is 3.43. The molecule has 0 aliphatic carbocycles. The maximum absolute atomic E-state index is 11.8. The fourth-order valence-electron chi connectivity index (χ4n) is 1.02. The molecular weight excluding hydrogens is 229 g/mol. The first-order chi connectivity index (χ1) is 7.29. The maximum atomic E-state index is 11.8. The number of carbonyl (C=O) groups is 1. The first-order valence-corrected chi connectivity index (χ1v) is 4.06. The molecule has 7 heteroatoms. The standard InChI is InChI=1S/C9H7F3O4/c10-9(11,12)16-6-3-1-2-5(4-6)7(13)8(14)15/h1-4,7,13H,(H,14,15). The fraction of sp³-hybridized carbons (Fsp3) is 0.222. The van der Waals surface area contributed by atoms with Gasteiger partial charge in [0.15, 0.2) is 6.10 Å². The Labute approximate surface area is 87.9 Å². The predicted molar refractivity (Wildman–Crippen MR) is 45.7 cm³/mol. The van der Waals surface area contributed by atoms with Gasteiger partial charge in [-0.2, -0.15) is 0 Å². The van der Waals surface area contributed by atoms with Crippen molar-refractivity contribution >= 4 is 5.97 Å². The van der Waals surface area contributed by atoms with Crippen LogP contribution in [0.2, 0.25) is 0 Å². The Morgan fingerprint density at radius 3 is 2.50 bits per heavy atom. The summed E-state index contributed by atoms with van der Waals surface area (Å²) in [6, 6.07) is 4.16. The Hall–Kier alpha value is -1.76. The van der Waals surface area contributed by atoms with Crippen LogP contribution in [-0.2, 0) is 4.79 Å². The number of carboxylic acids is 1. The monoisotopic (exact) mass is 236 g/mol. The van der Waals surface area contributed by atoms with Gasteiger partial charge in [0, 0.05) is 0 Å². The van der Waals surface area contributed by atoms with Crippen molar-refractivity contribution < 1.29 is 32.9 Å². The third-order valence-electron chi connectivity index (χ3n) is 1.64. The number of benzene rings is 1. The summed E-state index contributed by atoms with van der Waals surface area (Å²) >= 11 is 0. The Morgan fingerprint density at radius 1 is 1.38 bits per heavy atom. The quantitative estimate of drug-likeness (QED) is 0.838. The van der Waals surface area contributed by atoms with Gasteiger partial charge in [-0.15, -0.1) is 13.2 Å². The summed E-state index contributed by atoms with van der Waals surface area (Å²) in [7, 11) is 0. The minimum Gasteiger partial charge on any atom is -0.479 e. The van der Waals surface area contributed by atoms with Crippen LogP contribution in [0, 0.1) is 0 Å². The zero-order chi connectivity index (χ0) is 12.3. The van der Waals surface area contributed by atoms with Crippen LogP contribution in [0.1, 0.15) is 11.7 Å². The van der Waals surface area contributed by atoms with Crippen molar-refractivity contribution in [3.63, 3.8) is 0 Å². The van der Waals surface area contributed by atoms with Gasteiger partial charge in [-0.3, -0.25) is 0 Å². The molecule has 0 saturated heterocycles. The van der Waals surface area contributed by atoms with E-state index in [9.17, 15) is 18.0 Å². The van der Waals surface area contributed by atoms with E-state index in [0.717, 1.165) is 18.2 Å². The molecule has 16 heavy (non-hydrogen) atoms. The summed E-state index contributed by atoms with van der Waals surface area (Å²) < 4.78 is 39.1. The third-order valence-corrected chi connectivity index (χ3v) is 1.64. The molecule has 1 aromatic rings. The first-order valence-electron chi connectivity index (χ1n) is 4.06. The van der Waals surface area contributed by atoms with E-state index in [-0.39, 0.29) is 5.56 Å². The molecule has 4 nitrogen and oxygen atoms in total. The van der Waals surface area contributed by atoms with Crippen molar-refractivity contribution in [1.29, 1.82) is 0 Å². The molecule has 1 aromatic carbocycles. The number of carboxylic acid groups (broad SMARTS) is 1. The number of aliphatic carboxylic acids is 1. The lowest BCUT2D eigenvalue weighted by molar-refractivity contribution is -0.274. The Morgan fingerprint density at radius 2 is 2.00 bits per heavy atom. The minimum absolute atomic E-state index is 0.186. The molecule has 0 amide bonds. The van der Waals surface area contributed by atoms with Crippen molar-refractivity contribution in [1.82, 2.24) is 0 Å². The van der Waals surface area contributed by atoms with Crippen LogP contribution in [0.25, 0.3) is 0 Å². The van der Waals surface area contributed by atoms with Crippen molar-refractivity contribution in [2.24, 2.45) is 0 Å². The number of hydrogen-bond acceptors (Lipinski definition) is 3. The summed E-state index contributed by atoms with van der Waals surface area (Å²) in [6.45, 7) is 0. The lowest BCUT2D eigenvalue weighted by Crippen LogP contribution is -2.17. The van der Waals surface area contributed by atoms with Gasteiger partial charge < -0.3 is 14.9 Å². The second kappa shape index (κ2) is 4.40. The second-order valence-electron chi connectivity index (χ2n) is 2.86. The Bertz CT molecular complexity index is 389. The van der Waals surface area contributed by atoms with Crippen LogP contribution >= 0.6 is 0 Å². The maximum Gasteiger partial charge on any atom is 0.573 e. The molecule has 0 aliphatic heterocycles. The molecule has 0 aromatic heterocycles.